The highest BCUT2D eigenvalue weighted by Crippen LogP contribution is 2.41. The van der Waals surface area contributed by atoms with Crippen LogP contribution in [0.1, 0.15) is 5.56 Å². The van der Waals surface area contributed by atoms with Gasteiger partial charge in [-0.1, -0.05) is 115 Å². The highest BCUT2D eigenvalue weighted by Gasteiger charge is 2.19. The Labute approximate surface area is 277 Å². The molecule has 4 nitrogen and oxygen atoms in total. The van der Waals surface area contributed by atoms with E-state index in [1.165, 1.54) is 10.8 Å². The molecule has 0 radical (unpaired) electrons. The van der Waals surface area contributed by atoms with Gasteiger partial charge in [0.2, 0.25) is 0 Å². The minimum Gasteiger partial charge on any atom is -0.309 e. The number of rotatable bonds is 4. The number of nitrogens with zero attached hydrogens (tertiary/aromatic N) is 4. The summed E-state index contributed by atoms with van der Waals surface area (Å²) in [5.41, 5.74) is 11.2. The van der Waals surface area contributed by atoms with Gasteiger partial charge < -0.3 is 9.13 Å². The fourth-order valence-corrected chi connectivity index (χ4v) is 7.28. The molecule has 0 saturated carbocycles. The summed E-state index contributed by atoms with van der Waals surface area (Å²) in [7, 11) is 0. The second-order valence-corrected chi connectivity index (χ2v) is 11.9. The molecule has 222 valence electrons. The van der Waals surface area contributed by atoms with Gasteiger partial charge in [-0.3, -0.25) is 0 Å². The van der Waals surface area contributed by atoms with Crippen LogP contribution in [0.4, 0.5) is 5.69 Å². The maximum atomic E-state index is 10.3. The minimum atomic E-state index is 0.586. The van der Waals surface area contributed by atoms with Gasteiger partial charge in [-0.25, -0.2) is 4.85 Å². The third-order valence-electron chi connectivity index (χ3n) is 9.40. The zero-order chi connectivity index (χ0) is 32.2. The molecule has 0 aliphatic heterocycles. The average molecular weight is 611 g/mol. The second-order valence-electron chi connectivity index (χ2n) is 11.9. The number of hydrogen-bond acceptors (Lipinski definition) is 1. The van der Waals surface area contributed by atoms with E-state index in [2.05, 4.69) is 135 Å². The van der Waals surface area contributed by atoms with Crippen molar-refractivity contribution in [3.05, 3.63) is 175 Å². The van der Waals surface area contributed by atoms with E-state index in [1.807, 2.05) is 42.5 Å². The van der Waals surface area contributed by atoms with E-state index in [9.17, 15) is 5.26 Å². The second kappa shape index (κ2) is 10.9. The van der Waals surface area contributed by atoms with Crippen molar-refractivity contribution in [1.29, 1.82) is 5.26 Å². The summed E-state index contributed by atoms with van der Waals surface area (Å²) in [5, 5.41) is 14.9. The molecule has 0 fully saturated rings. The first kappa shape index (κ1) is 27.4. The van der Waals surface area contributed by atoms with Crippen LogP contribution in [0.15, 0.2) is 158 Å². The molecule has 0 unspecified atom stereocenters. The molecule has 0 spiro atoms. The van der Waals surface area contributed by atoms with Crippen LogP contribution in [0.2, 0.25) is 0 Å². The van der Waals surface area contributed by atoms with Crippen molar-refractivity contribution >= 4 is 49.3 Å². The van der Waals surface area contributed by atoms with Gasteiger partial charge in [0.15, 0.2) is 5.69 Å². The van der Waals surface area contributed by atoms with Gasteiger partial charge in [-0.2, -0.15) is 5.26 Å². The Balaban J connectivity index is 1.26. The lowest BCUT2D eigenvalue weighted by atomic mass is 9.95. The Morgan fingerprint density at radius 1 is 0.458 bits per heavy atom. The molecule has 2 heterocycles. The Bertz CT molecular complexity index is 2710. The Kier molecular flexibility index (Phi) is 6.22. The highest BCUT2D eigenvalue weighted by atomic mass is 15.0. The van der Waals surface area contributed by atoms with Crippen molar-refractivity contribution in [2.75, 3.05) is 0 Å². The van der Waals surface area contributed by atoms with Crippen LogP contribution in [-0.4, -0.2) is 9.13 Å². The summed E-state index contributed by atoms with van der Waals surface area (Å²) in [6.45, 7) is 8.13. The third-order valence-corrected chi connectivity index (χ3v) is 9.40. The minimum absolute atomic E-state index is 0.586. The maximum Gasteiger partial charge on any atom is 0.195 e. The molecule has 0 amide bonds. The summed E-state index contributed by atoms with van der Waals surface area (Å²) in [6, 6.07) is 56.5. The average Bonchev–Trinajstić information content (AvgIpc) is 3.67. The molecule has 0 saturated heterocycles. The first-order valence-corrected chi connectivity index (χ1v) is 15.9. The Morgan fingerprint density at radius 2 is 0.917 bits per heavy atom. The summed E-state index contributed by atoms with van der Waals surface area (Å²) in [4.78, 5) is 3.98. The van der Waals surface area contributed by atoms with E-state index in [-0.39, 0.29) is 0 Å². The normalized spacial score (nSPS) is 11.3. The molecule has 0 aliphatic carbocycles. The lowest BCUT2D eigenvalue weighted by Gasteiger charge is -2.17. The molecule has 0 atom stereocenters. The first-order valence-electron chi connectivity index (χ1n) is 15.9. The molecule has 9 aromatic rings. The molecule has 7 aromatic carbocycles. The van der Waals surface area contributed by atoms with E-state index in [4.69, 9.17) is 6.57 Å². The molecular weight excluding hydrogens is 585 g/mol. The van der Waals surface area contributed by atoms with Gasteiger partial charge in [-0.05, 0) is 64.7 Å². The van der Waals surface area contributed by atoms with E-state index in [0.717, 1.165) is 66.5 Å². The quantitative estimate of drug-likeness (QED) is 0.183. The maximum absolute atomic E-state index is 10.3. The summed E-state index contributed by atoms with van der Waals surface area (Å²) in [6.07, 6.45) is 0. The van der Waals surface area contributed by atoms with Crippen LogP contribution in [-0.2, 0) is 0 Å². The van der Waals surface area contributed by atoms with Crippen molar-refractivity contribution in [2.24, 2.45) is 0 Å². The number of para-hydroxylation sites is 5. The lowest BCUT2D eigenvalue weighted by molar-refractivity contribution is 1.17. The molecule has 0 bridgehead atoms. The van der Waals surface area contributed by atoms with Crippen LogP contribution in [0.3, 0.4) is 0 Å². The largest absolute Gasteiger partial charge is 0.309 e. The molecule has 4 heteroatoms. The smallest absolute Gasteiger partial charge is 0.195 e. The van der Waals surface area contributed by atoms with Crippen LogP contribution in [0, 0.1) is 17.9 Å². The molecule has 9 rings (SSSR count). The van der Waals surface area contributed by atoms with Crippen molar-refractivity contribution in [1.82, 2.24) is 9.13 Å². The van der Waals surface area contributed by atoms with E-state index in [0.29, 0.717) is 11.3 Å². The monoisotopic (exact) mass is 610 g/mol. The lowest BCUT2D eigenvalue weighted by Crippen LogP contribution is -1.99. The van der Waals surface area contributed by atoms with Crippen molar-refractivity contribution in [3.8, 4) is 39.7 Å². The highest BCUT2D eigenvalue weighted by molar-refractivity contribution is 6.11. The van der Waals surface area contributed by atoms with E-state index in [1.54, 1.807) is 0 Å². The molecule has 48 heavy (non-hydrogen) atoms. The molecule has 0 aliphatic rings. The fourth-order valence-electron chi connectivity index (χ4n) is 7.28. The summed E-state index contributed by atoms with van der Waals surface area (Å²) < 4.78 is 4.50. The van der Waals surface area contributed by atoms with Crippen LogP contribution in [0.5, 0.6) is 0 Å². The van der Waals surface area contributed by atoms with Gasteiger partial charge in [0.05, 0.1) is 45.6 Å². The third kappa shape index (κ3) is 4.07. The first-order chi connectivity index (χ1) is 23.7. The summed E-state index contributed by atoms with van der Waals surface area (Å²) >= 11 is 0. The number of benzene rings is 7. The molecular formula is C44H26N4. The number of aromatic nitrogens is 2. The predicted octanol–water partition coefficient (Wildman–Crippen LogP) is 11.6. The van der Waals surface area contributed by atoms with Crippen molar-refractivity contribution < 1.29 is 0 Å². The Hall–Kier alpha value is -6.88. The predicted molar refractivity (Wildman–Crippen MR) is 197 cm³/mol. The van der Waals surface area contributed by atoms with Crippen molar-refractivity contribution in [2.45, 2.75) is 0 Å². The number of hydrogen-bond donors (Lipinski definition) is 0. The zero-order valence-electron chi connectivity index (χ0n) is 25.8. The Morgan fingerprint density at radius 3 is 1.46 bits per heavy atom. The fraction of sp³-hybridized carbons (Fsp3) is 0. The van der Waals surface area contributed by atoms with Crippen LogP contribution < -0.4 is 0 Å². The SMILES string of the molecule is [C-]#[N+]c1ccc(-c2ccc(C#N)c(-n3c4ccccc4c4ccccc43)c2)cc1-c1ccccc1-n1c2ccccc2c2ccccc21. The molecule has 0 N–H and O–H groups in total. The number of fused-ring (bicyclic) bond motifs is 6. The van der Waals surface area contributed by atoms with Gasteiger partial charge in [0.25, 0.3) is 0 Å². The topological polar surface area (TPSA) is 38.0 Å². The number of nitriles is 1. The van der Waals surface area contributed by atoms with E-state index >= 15 is 0 Å². The van der Waals surface area contributed by atoms with Gasteiger partial charge >= 0.3 is 0 Å². The van der Waals surface area contributed by atoms with E-state index < -0.39 is 0 Å². The van der Waals surface area contributed by atoms with Gasteiger partial charge in [0, 0.05) is 21.5 Å². The van der Waals surface area contributed by atoms with Crippen LogP contribution in [0.25, 0.3) is 82.1 Å². The van der Waals surface area contributed by atoms with Crippen molar-refractivity contribution in [3.63, 3.8) is 0 Å². The molecule has 2 aromatic heterocycles. The standard InChI is InChI=1S/C44H26N4/c1-46-38-25-24-29(30-22-23-31(28-45)44(27-30)48-41-19-9-4-14-34(41)35-15-5-10-20-42(35)48)26-37(38)36-16-6-11-21-43(36)47-39-17-7-2-12-32(39)33-13-3-8-18-40(33)47/h2-27H. The van der Waals surface area contributed by atoms with Crippen LogP contribution >= 0.6 is 0 Å². The van der Waals surface area contributed by atoms with Gasteiger partial charge in [0.1, 0.15) is 6.07 Å². The van der Waals surface area contributed by atoms with Gasteiger partial charge in [-0.15, -0.1) is 0 Å². The summed E-state index contributed by atoms with van der Waals surface area (Å²) in [5.74, 6) is 0. The zero-order valence-corrected chi connectivity index (χ0v) is 25.8.